The lowest BCUT2D eigenvalue weighted by molar-refractivity contribution is 0.0557. The molecule has 19 heavy (non-hydrogen) atoms. The zero-order chi connectivity index (χ0) is 14.0. The van der Waals surface area contributed by atoms with Crippen molar-refractivity contribution < 1.29 is 9.90 Å². The molecule has 0 bridgehead atoms. The number of phenols is 1. The smallest absolute Gasteiger partial charge is 0.255 e. The number of hydrogen-bond donors (Lipinski definition) is 2. The van der Waals surface area contributed by atoms with Gasteiger partial charge in [-0.1, -0.05) is 0 Å². The summed E-state index contributed by atoms with van der Waals surface area (Å²) in [5.41, 5.74) is 0.438. The van der Waals surface area contributed by atoms with E-state index in [1.807, 2.05) is 14.1 Å². The highest BCUT2D eigenvalue weighted by atomic mass is 127. The number of likely N-dealkylation sites (N-methyl/N-ethyl adjacent to an activating group) is 1. The number of benzene rings is 1. The van der Waals surface area contributed by atoms with E-state index >= 15 is 0 Å². The molecular weight excluding hydrogens is 355 g/mol. The summed E-state index contributed by atoms with van der Waals surface area (Å²) < 4.78 is 0.937. The molecule has 0 heterocycles. The van der Waals surface area contributed by atoms with E-state index < -0.39 is 0 Å². The van der Waals surface area contributed by atoms with Crippen LogP contribution in [0.25, 0.3) is 0 Å². The van der Waals surface area contributed by atoms with Crippen LogP contribution in [0.5, 0.6) is 5.75 Å². The van der Waals surface area contributed by atoms with Gasteiger partial charge < -0.3 is 15.3 Å². The fourth-order valence-corrected chi connectivity index (χ4v) is 2.89. The van der Waals surface area contributed by atoms with Crippen LogP contribution >= 0.6 is 22.6 Å². The Kier molecular flexibility index (Phi) is 4.35. The predicted molar refractivity (Wildman–Crippen MR) is 83.4 cm³/mol. The molecule has 2 N–H and O–H groups in total. The summed E-state index contributed by atoms with van der Waals surface area (Å²) in [6.45, 7) is 0.629. The van der Waals surface area contributed by atoms with Crippen molar-refractivity contribution in [2.24, 2.45) is 0 Å². The van der Waals surface area contributed by atoms with Crippen molar-refractivity contribution in [2.45, 2.75) is 24.8 Å². The molecule has 1 fully saturated rings. The minimum atomic E-state index is -0.204. The van der Waals surface area contributed by atoms with Crippen molar-refractivity contribution in [1.82, 2.24) is 10.2 Å². The molecule has 1 amide bonds. The van der Waals surface area contributed by atoms with Gasteiger partial charge in [-0.2, -0.15) is 0 Å². The minimum absolute atomic E-state index is 0.0328. The molecule has 0 aromatic heterocycles. The van der Waals surface area contributed by atoms with Crippen LogP contribution in [-0.4, -0.2) is 42.1 Å². The second-order valence-electron chi connectivity index (χ2n) is 5.32. The molecule has 0 radical (unpaired) electrons. The van der Waals surface area contributed by atoms with E-state index in [9.17, 15) is 9.90 Å². The molecule has 1 aromatic carbocycles. The second kappa shape index (κ2) is 5.66. The molecule has 5 heteroatoms. The highest BCUT2D eigenvalue weighted by molar-refractivity contribution is 14.1. The van der Waals surface area contributed by atoms with E-state index in [0.717, 1.165) is 16.4 Å². The van der Waals surface area contributed by atoms with Gasteiger partial charge in [0.05, 0.1) is 5.56 Å². The normalized spacial score (nSPS) is 17.1. The monoisotopic (exact) mass is 374 g/mol. The van der Waals surface area contributed by atoms with Crippen LogP contribution in [0.4, 0.5) is 0 Å². The number of nitrogens with zero attached hydrogens (tertiary/aromatic N) is 1. The number of halogens is 1. The molecule has 0 spiro atoms. The first-order chi connectivity index (χ1) is 8.94. The molecule has 1 saturated carbocycles. The molecule has 1 aliphatic rings. The largest absolute Gasteiger partial charge is 0.507 e. The Labute approximate surface area is 127 Å². The quantitative estimate of drug-likeness (QED) is 0.795. The molecule has 1 aromatic rings. The SMILES string of the molecule is CN(C)C1(CNC(=O)c2cc(I)ccc2O)CCC1. The Morgan fingerprint density at radius 1 is 1.47 bits per heavy atom. The zero-order valence-electron chi connectivity index (χ0n) is 11.2. The number of phenolic OH excluding ortho intramolecular Hbond substituents is 1. The maximum Gasteiger partial charge on any atom is 0.255 e. The molecule has 1 aliphatic carbocycles. The van der Waals surface area contributed by atoms with E-state index in [4.69, 9.17) is 0 Å². The van der Waals surface area contributed by atoms with Gasteiger partial charge in [-0.05, 0) is 74.1 Å². The van der Waals surface area contributed by atoms with E-state index in [1.165, 1.54) is 6.42 Å². The van der Waals surface area contributed by atoms with E-state index in [-0.39, 0.29) is 17.2 Å². The van der Waals surface area contributed by atoms with Crippen molar-refractivity contribution in [3.05, 3.63) is 27.3 Å². The number of nitrogens with one attached hydrogen (secondary N) is 1. The standard InChI is InChI=1S/C14H19IN2O2/c1-17(2)14(6-3-7-14)9-16-13(19)11-8-10(15)4-5-12(11)18/h4-5,8,18H,3,6-7,9H2,1-2H3,(H,16,19). The number of carbonyl (C=O) groups is 1. The van der Waals surface area contributed by atoms with Gasteiger partial charge in [0.2, 0.25) is 0 Å². The summed E-state index contributed by atoms with van der Waals surface area (Å²) >= 11 is 2.13. The maximum atomic E-state index is 12.1. The molecule has 0 aliphatic heterocycles. The average Bonchev–Trinajstić information content (AvgIpc) is 2.30. The number of amides is 1. The molecule has 0 unspecified atom stereocenters. The average molecular weight is 374 g/mol. The minimum Gasteiger partial charge on any atom is -0.507 e. The van der Waals surface area contributed by atoms with Crippen molar-refractivity contribution >= 4 is 28.5 Å². The van der Waals surface area contributed by atoms with E-state index in [0.29, 0.717) is 12.1 Å². The fraction of sp³-hybridized carbons (Fsp3) is 0.500. The Bertz CT molecular complexity index is 484. The van der Waals surface area contributed by atoms with Gasteiger partial charge in [-0.15, -0.1) is 0 Å². The molecule has 2 rings (SSSR count). The lowest BCUT2D eigenvalue weighted by Crippen LogP contribution is -2.57. The van der Waals surface area contributed by atoms with E-state index in [2.05, 4.69) is 32.8 Å². The van der Waals surface area contributed by atoms with Crippen molar-refractivity contribution in [3.63, 3.8) is 0 Å². The van der Waals surface area contributed by atoms with Crippen LogP contribution in [-0.2, 0) is 0 Å². The molecule has 104 valence electrons. The van der Waals surface area contributed by atoms with Gasteiger partial charge in [0, 0.05) is 15.7 Å². The molecule has 0 atom stereocenters. The van der Waals surface area contributed by atoms with Crippen LogP contribution in [0.1, 0.15) is 29.6 Å². The van der Waals surface area contributed by atoms with Gasteiger partial charge in [0.15, 0.2) is 0 Å². The number of aromatic hydroxyl groups is 1. The van der Waals surface area contributed by atoms with Crippen molar-refractivity contribution in [2.75, 3.05) is 20.6 Å². The fourth-order valence-electron chi connectivity index (χ4n) is 2.40. The van der Waals surface area contributed by atoms with Crippen LogP contribution in [0.3, 0.4) is 0 Å². The lowest BCUT2D eigenvalue weighted by Gasteiger charge is -2.47. The first-order valence-electron chi connectivity index (χ1n) is 6.39. The van der Waals surface area contributed by atoms with Crippen LogP contribution in [0, 0.1) is 3.57 Å². The van der Waals surface area contributed by atoms with Crippen molar-refractivity contribution in [1.29, 1.82) is 0 Å². The Hall–Kier alpha value is -0.820. The highest BCUT2D eigenvalue weighted by Gasteiger charge is 2.39. The Morgan fingerprint density at radius 3 is 2.68 bits per heavy atom. The Morgan fingerprint density at radius 2 is 2.16 bits per heavy atom. The lowest BCUT2D eigenvalue weighted by atomic mass is 9.75. The summed E-state index contributed by atoms with van der Waals surface area (Å²) in [4.78, 5) is 14.3. The van der Waals surface area contributed by atoms with Gasteiger partial charge in [0.1, 0.15) is 5.75 Å². The number of hydrogen-bond acceptors (Lipinski definition) is 3. The van der Waals surface area contributed by atoms with Crippen molar-refractivity contribution in [3.8, 4) is 5.75 Å². The summed E-state index contributed by atoms with van der Waals surface area (Å²) in [5.74, 6) is -0.172. The third-order valence-corrected chi connectivity index (χ3v) is 4.69. The topological polar surface area (TPSA) is 52.6 Å². The first-order valence-corrected chi connectivity index (χ1v) is 7.47. The third-order valence-electron chi connectivity index (χ3n) is 4.01. The van der Waals surface area contributed by atoms with Crippen LogP contribution < -0.4 is 5.32 Å². The molecule has 4 nitrogen and oxygen atoms in total. The van der Waals surface area contributed by atoms with Gasteiger partial charge in [-0.3, -0.25) is 4.79 Å². The summed E-state index contributed by atoms with van der Waals surface area (Å²) in [6, 6.07) is 5.04. The van der Waals surface area contributed by atoms with Crippen LogP contribution in [0.15, 0.2) is 18.2 Å². The second-order valence-corrected chi connectivity index (χ2v) is 6.56. The molecular formula is C14H19IN2O2. The number of carbonyl (C=O) groups excluding carboxylic acids is 1. The number of rotatable bonds is 4. The van der Waals surface area contributed by atoms with Gasteiger partial charge in [-0.25, -0.2) is 0 Å². The predicted octanol–water partition coefficient (Wildman–Crippen LogP) is 2.21. The Balaban J connectivity index is 2.03. The van der Waals surface area contributed by atoms with Crippen LogP contribution in [0.2, 0.25) is 0 Å². The van der Waals surface area contributed by atoms with Gasteiger partial charge in [0.25, 0.3) is 5.91 Å². The summed E-state index contributed by atoms with van der Waals surface area (Å²) in [6.07, 6.45) is 3.43. The highest BCUT2D eigenvalue weighted by Crippen LogP contribution is 2.35. The zero-order valence-corrected chi connectivity index (χ0v) is 13.4. The summed E-state index contributed by atoms with van der Waals surface area (Å²) in [7, 11) is 4.10. The molecule has 0 saturated heterocycles. The first kappa shape index (κ1) is 14.6. The maximum absolute atomic E-state index is 12.1. The van der Waals surface area contributed by atoms with E-state index in [1.54, 1.807) is 18.2 Å². The third kappa shape index (κ3) is 3.02. The van der Waals surface area contributed by atoms with Gasteiger partial charge >= 0.3 is 0 Å². The summed E-state index contributed by atoms with van der Waals surface area (Å²) in [5, 5.41) is 12.7.